The minimum atomic E-state index is -0.0187. The van der Waals surface area contributed by atoms with Crippen molar-refractivity contribution in [2.75, 3.05) is 11.4 Å². The topological polar surface area (TPSA) is 20.3 Å². The van der Waals surface area contributed by atoms with Gasteiger partial charge in [-0.3, -0.25) is 4.79 Å². The normalized spacial score (nSPS) is 25.7. The molecule has 3 rings (SSSR count). The first-order valence-corrected chi connectivity index (χ1v) is 6.08. The molecule has 86 valence electrons. The summed E-state index contributed by atoms with van der Waals surface area (Å²) in [6.45, 7) is 3.05. The van der Waals surface area contributed by atoms with Crippen LogP contribution in [0.3, 0.4) is 0 Å². The average Bonchev–Trinajstić information content (AvgIpc) is 2.40. The number of anilines is 1. The molecule has 0 saturated heterocycles. The van der Waals surface area contributed by atoms with E-state index in [1.54, 1.807) is 0 Å². The molecule has 0 aromatic heterocycles. The summed E-state index contributed by atoms with van der Waals surface area (Å²) in [6, 6.07) is 8.10. The Morgan fingerprint density at radius 3 is 2.76 bits per heavy atom. The van der Waals surface area contributed by atoms with Gasteiger partial charge in [0.25, 0.3) is 0 Å². The highest BCUT2D eigenvalue weighted by atomic mass is 16.1. The van der Waals surface area contributed by atoms with Crippen molar-refractivity contribution >= 4 is 11.5 Å². The van der Waals surface area contributed by atoms with E-state index in [-0.39, 0.29) is 17.7 Å². The minimum absolute atomic E-state index is 0.0187. The second-order valence-corrected chi connectivity index (χ2v) is 4.45. The third kappa shape index (κ3) is 1.44. The smallest absolute Gasteiger partial charge is 0.174 e. The maximum atomic E-state index is 12.4. The van der Waals surface area contributed by atoms with Gasteiger partial charge in [0.15, 0.2) is 5.78 Å². The van der Waals surface area contributed by atoms with Crippen molar-refractivity contribution in [2.24, 2.45) is 5.92 Å². The summed E-state index contributed by atoms with van der Waals surface area (Å²) in [6.07, 6.45) is 8.15. The van der Waals surface area contributed by atoms with Crippen molar-refractivity contribution in [3.63, 3.8) is 0 Å². The van der Waals surface area contributed by atoms with Crippen LogP contribution in [0.4, 0.5) is 5.69 Å². The van der Waals surface area contributed by atoms with Gasteiger partial charge in [0.2, 0.25) is 0 Å². The molecule has 2 heteroatoms. The molecule has 0 N–H and O–H groups in total. The summed E-state index contributed by atoms with van der Waals surface area (Å²) < 4.78 is 0. The Balaban J connectivity index is 2.17. The van der Waals surface area contributed by atoms with Crippen molar-refractivity contribution in [1.29, 1.82) is 0 Å². The van der Waals surface area contributed by atoms with Gasteiger partial charge in [-0.05, 0) is 19.1 Å². The number of rotatable bonds is 1. The zero-order valence-corrected chi connectivity index (χ0v) is 9.84. The molecular formula is C15H15NO. The molecule has 2 aliphatic rings. The second kappa shape index (κ2) is 3.88. The molecule has 0 fully saturated rings. The van der Waals surface area contributed by atoms with Gasteiger partial charge in [0.1, 0.15) is 0 Å². The lowest BCUT2D eigenvalue weighted by molar-refractivity contribution is 0.0928. The van der Waals surface area contributed by atoms with Gasteiger partial charge < -0.3 is 4.90 Å². The standard InChI is InChI=1S/C15H15NO/c1-2-16-13-9-5-3-7-11(13)15(17)12-8-4-6-10-14(12)16/h3-11,13H,2H2,1H3. The first-order valence-electron chi connectivity index (χ1n) is 6.08. The monoisotopic (exact) mass is 225 g/mol. The van der Waals surface area contributed by atoms with E-state index in [9.17, 15) is 4.79 Å². The van der Waals surface area contributed by atoms with Crippen LogP contribution in [0, 0.1) is 5.92 Å². The van der Waals surface area contributed by atoms with E-state index in [1.165, 1.54) is 0 Å². The first-order chi connectivity index (χ1) is 8.33. The lowest BCUT2D eigenvalue weighted by Gasteiger charge is -2.40. The van der Waals surface area contributed by atoms with Crippen LogP contribution in [0.1, 0.15) is 17.3 Å². The molecule has 0 amide bonds. The van der Waals surface area contributed by atoms with E-state index in [0.29, 0.717) is 0 Å². The van der Waals surface area contributed by atoms with E-state index in [2.05, 4.69) is 17.9 Å². The number of Topliss-reactive ketones (excluding diaryl/α,β-unsaturated/α-hetero) is 1. The van der Waals surface area contributed by atoms with E-state index in [0.717, 1.165) is 17.8 Å². The Kier molecular flexibility index (Phi) is 2.36. The average molecular weight is 225 g/mol. The fourth-order valence-electron chi connectivity index (χ4n) is 2.79. The minimum Gasteiger partial charge on any atom is -0.364 e. The molecule has 1 heterocycles. The predicted octanol–water partition coefficient (Wildman–Crippen LogP) is 2.82. The van der Waals surface area contributed by atoms with Gasteiger partial charge in [0, 0.05) is 17.8 Å². The zero-order valence-electron chi connectivity index (χ0n) is 9.84. The number of allylic oxidation sites excluding steroid dienone is 2. The third-order valence-corrected chi connectivity index (χ3v) is 3.59. The van der Waals surface area contributed by atoms with Gasteiger partial charge in [-0.2, -0.15) is 0 Å². The molecule has 2 unspecified atom stereocenters. The van der Waals surface area contributed by atoms with Crippen LogP contribution in [0.5, 0.6) is 0 Å². The number of hydrogen-bond donors (Lipinski definition) is 0. The van der Waals surface area contributed by atoms with E-state index in [4.69, 9.17) is 0 Å². The highest BCUT2D eigenvalue weighted by molar-refractivity contribution is 6.06. The van der Waals surface area contributed by atoms with Gasteiger partial charge in [-0.25, -0.2) is 0 Å². The molecule has 1 aromatic carbocycles. The number of carbonyl (C=O) groups excluding carboxylic acids is 1. The van der Waals surface area contributed by atoms with Gasteiger partial charge in [0.05, 0.1) is 12.0 Å². The van der Waals surface area contributed by atoms with E-state index in [1.807, 2.05) is 42.5 Å². The number of nitrogens with zero attached hydrogens (tertiary/aromatic N) is 1. The fraction of sp³-hybridized carbons (Fsp3) is 0.267. The predicted molar refractivity (Wildman–Crippen MR) is 69.4 cm³/mol. The van der Waals surface area contributed by atoms with Crippen molar-refractivity contribution in [2.45, 2.75) is 13.0 Å². The second-order valence-electron chi connectivity index (χ2n) is 4.45. The molecule has 1 aliphatic heterocycles. The van der Waals surface area contributed by atoms with Gasteiger partial charge in [-0.15, -0.1) is 0 Å². The Morgan fingerprint density at radius 2 is 1.94 bits per heavy atom. The molecule has 2 atom stereocenters. The Labute approximate surface area is 101 Å². The van der Waals surface area contributed by atoms with Crippen LogP contribution >= 0.6 is 0 Å². The van der Waals surface area contributed by atoms with Crippen molar-refractivity contribution in [3.05, 3.63) is 54.1 Å². The summed E-state index contributed by atoms with van der Waals surface area (Å²) in [4.78, 5) is 14.7. The first kappa shape index (κ1) is 10.3. The number of benzene rings is 1. The molecular weight excluding hydrogens is 210 g/mol. The van der Waals surface area contributed by atoms with Crippen molar-refractivity contribution < 1.29 is 4.79 Å². The quantitative estimate of drug-likeness (QED) is 0.732. The highest BCUT2D eigenvalue weighted by Gasteiger charge is 2.37. The summed E-state index contributed by atoms with van der Waals surface area (Å²) in [5, 5.41) is 0. The molecule has 2 nitrogen and oxygen atoms in total. The maximum Gasteiger partial charge on any atom is 0.174 e. The molecule has 1 aliphatic carbocycles. The highest BCUT2D eigenvalue weighted by Crippen LogP contribution is 2.35. The lowest BCUT2D eigenvalue weighted by atomic mass is 9.82. The fourth-order valence-corrected chi connectivity index (χ4v) is 2.79. The van der Waals surface area contributed by atoms with Crippen LogP contribution < -0.4 is 4.90 Å². The Morgan fingerprint density at radius 1 is 1.18 bits per heavy atom. The number of likely N-dealkylation sites (N-methyl/N-ethyl adjacent to an activating group) is 1. The zero-order chi connectivity index (χ0) is 11.8. The SMILES string of the molecule is CCN1c2ccccc2C(=O)C2C=CC=CC21. The number of para-hydroxylation sites is 1. The van der Waals surface area contributed by atoms with Crippen molar-refractivity contribution in [1.82, 2.24) is 0 Å². The number of hydrogen-bond acceptors (Lipinski definition) is 2. The van der Waals surface area contributed by atoms with Crippen LogP contribution in [0.2, 0.25) is 0 Å². The molecule has 0 saturated carbocycles. The summed E-state index contributed by atoms with van der Waals surface area (Å²) in [5.41, 5.74) is 1.93. The molecule has 17 heavy (non-hydrogen) atoms. The van der Waals surface area contributed by atoms with Crippen molar-refractivity contribution in [3.8, 4) is 0 Å². The Hall–Kier alpha value is -1.83. The van der Waals surface area contributed by atoms with E-state index >= 15 is 0 Å². The largest absolute Gasteiger partial charge is 0.364 e. The summed E-state index contributed by atoms with van der Waals surface area (Å²) >= 11 is 0. The lowest BCUT2D eigenvalue weighted by Crippen LogP contribution is -2.47. The van der Waals surface area contributed by atoms with Crippen LogP contribution in [0.15, 0.2) is 48.6 Å². The molecule has 0 radical (unpaired) electrons. The summed E-state index contributed by atoms with van der Waals surface area (Å²) in [5.74, 6) is 0.228. The number of ketones is 1. The van der Waals surface area contributed by atoms with Crippen LogP contribution in [0.25, 0.3) is 0 Å². The number of fused-ring (bicyclic) bond motifs is 2. The third-order valence-electron chi connectivity index (χ3n) is 3.59. The van der Waals surface area contributed by atoms with Gasteiger partial charge >= 0.3 is 0 Å². The molecule has 0 spiro atoms. The molecule has 0 bridgehead atoms. The summed E-state index contributed by atoms with van der Waals surface area (Å²) in [7, 11) is 0. The number of carbonyl (C=O) groups is 1. The van der Waals surface area contributed by atoms with E-state index < -0.39 is 0 Å². The van der Waals surface area contributed by atoms with Gasteiger partial charge in [-0.1, -0.05) is 36.4 Å². The van der Waals surface area contributed by atoms with Crippen LogP contribution in [-0.2, 0) is 0 Å². The Bertz CT molecular complexity index is 515. The maximum absolute atomic E-state index is 12.4. The molecule has 1 aromatic rings. The van der Waals surface area contributed by atoms with Crippen LogP contribution in [-0.4, -0.2) is 18.4 Å².